The van der Waals surface area contributed by atoms with E-state index in [0.717, 1.165) is 12.1 Å². The Morgan fingerprint density at radius 3 is 1.80 bits per heavy atom. The van der Waals surface area contributed by atoms with Crippen molar-refractivity contribution < 1.29 is 64.2 Å². The minimum Gasteiger partial charge on any atom is -0.508 e. The lowest BCUT2D eigenvalue weighted by Gasteiger charge is -2.39. The van der Waals surface area contributed by atoms with Crippen molar-refractivity contribution in [2.24, 2.45) is 0 Å². The van der Waals surface area contributed by atoms with E-state index in [9.17, 15) is 45.6 Å². The summed E-state index contributed by atoms with van der Waals surface area (Å²) in [7, 11) is 0. The van der Waals surface area contributed by atoms with Crippen molar-refractivity contribution in [3.8, 4) is 34.3 Å². The Balaban J connectivity index is 1.52. The molecule has 0 saturated carbocycles. The van der Waals surface area contributed by atoms with Crippen molar-refractivity contribution in [1.82, 2.24) is 0 Å². The molecule has 0 amide bonds. The second-order valence-corrected chi connectivity index (χ2v) is 10.1. The molecule has 222 valence electrons. The molecule has 5 rings (SSSR count). The maximum Gasteiger partial charge on any atom is 0.239 e. The van der Waals surface area contributed by atoms with Crippen molar-refractivity contribution in [2.45, 2.75) is 75.3 Å². The molecular formula is C27H30O14. The van der Waals surface area contributed by atoms with E-state index < -0.39 is 78.3 Å². The Kier molecular flexibility index (Phi) is 7.84. The monoisotopic (exact) mass is 578 g/mol. The zero-order chi connectivity index (χ0) is 29.7. The van der Waals surface area contributed by atoms with Gasteiger partial charge in [-0.1, -0.05) is 0 Å². The lowest BCUT2D eigenvalue weighted by molar-refractivity contribution is -0.268. The standard InChI is InChI=1S/C27H30O14/c1-9-17(30)20(33)22(35)26(37-9)39-13-5-3-11(4-6-13)24-25(41-27-23(36)21(34)18(31)10(2)38-27)19(32)16-14(29)7-12(28)8-15(16)40-24/h3-10,17-18,20-23,26-31,33-36H,1-2H3/t9-,10-,17-,18-,20+,21+,22+,23+,26-,27-/m0/s1. The number of ether oxygens (including phenoxy) is 4. The molecular weight excluding hydrogens is 548 g/mol. The molecule has 0 aliphatic carbocycles. The number of phenols is 2. The van der Waals surface area contributed by atoms with E-state index in [1.165, 1.54) is 38.1 Å². The molecule has 2 aliphatic heterocycles. The second kappa shape index (κ2) is 11.1. The molecule has 14 heteroatoms. The highest BCUT2D eigenvalue weighted by molar-refractivity contribution is 5.88. The minimum absolute atomic E-state index is 0.173. The lowest BCUT2D eigenvalue weighted by atomic mass is 10.00. The number of hydrogen-bond acceptors (Lipinski definition) is 14. The molecule has 8 N–H and O–H groups in total. The van der Waals surface area contributed by atoms with Crippen LogP contribution in [0.15, 0.2) is 45.6 Å². The Morgan fingerprint density at radius 1 is 0.707 bits per heavy atom. The van der Waals surface area contributed by atoms with Gasteiger partial charge in [0.15, 0.2) is 5.76 Å². The van der Waals surface area contributed by atoms with Gasteiger partial charge < -0.3 is 64.2 Å². The smallest absolute Gasteiger partial charge is 0.239 e. The first-order valence-electron chi connectivity index (χ1n) is 12.7. The number of fused-ring (bicyclic) bond motifs is 1. The Morgan fingerprint density at radius 2 is 1.24 bits per heavy atom. The van der Waals surface area contributed by atoms with E-state index in [1.807, 2.05) is 0 Å². The fraction of sp³-hybridized carbons (Fsp3) is 0.444. The van der Waals surface area contributed by atoms with E-state index >= 15 is 0 Å². The van der Waals surface area contributed by atoms with Crippen molar-refractivity contribution in [3.05, 3.63) is 46.6 Å². The third-order valence-electron chi connectivity index (χ3n) is 7.14. The van der Waals surface area contributed by atoms with E-state index in [2.05, 4.69) is 0 Å². The van der Waals surface area contributed by atoms with Gasteiger partial charge in [0.2, 0.25) is 23.8 Å². The predicted octanol–water partition coefficient (Wildman–Crippen LogP) is -0.716. The van der Waals surface area contributed by atoms with Crippen LogP contribution >= 0.6 is 0 Å². The van der Waals surface area contributed by atoms with Crippen molar-refractivity contribution in [2.75, 3.05) is 0 Å². The summed E-state index contributed by atoms with van der Waals surface area (Å²) in [4.78, 5) is 13.5. The third-order valence-corrected chi connectivity index (χ3v) is 7.14. The van der Waals surface area contributed by atoms with Crippen LogP contribution in [0.25, 0.3) is 22.3 Å². The van der Waals surface area contributed by atoms with Crippen LogP contribution < -0.4 is 14.9 Å². The van der Waals surface area contributed by atoms with Gasteiger partial charge in [-0.25, -0.2) is 0 Å². The van der Waals surface area contributed by atoms with Gasteiger partial charge >= 0.3 is 0 Å². The number of rotatable bonds is 5. The molecule has 0 spiro atoms. The summed E-state index contributed by atoms with van der Waals surface area (Å²) in [5.41, 5.74) is -0.852. The van der Waals surface area contributed by atoms with E-state index in [0.29, 0.717) is 0 Å². The van der Waals surface area contributed by atoms with Crippen molar-refractivity contribution in [3.63, 3.8) is 0 Å². The predicted molar refractivity (Wildman–Crippen MR) is 137 cm³/mol. The topological polar surface area (TPSA) is 229 Å². The Labute approximate surface area is 231 Å². The fourth-order valence-electron chi connectivity index (χ4n) is 4.72. The van der Waals surface area contributed by atoms with Crippen LogP contribution in [0, 0.1) is 0 Å². The number of phenolic OH excluding ortho intramolecular Hbond substituents is 2. The number of aliphatic hydroxyl groups is 6. The Hall–Kier alpha value is -3.47. The molecule has 2 fully saturated rings. The first kappa shape index (κ1) is 29.0. The first-order valence-corrected chi connectivity index (χ1v) is 12.7. The Bertz CT molecular complexity index is 1460. The molecule has 3 heterocycles. The van der Waals surface area contributed by atoms with E-state index in [-0.39, 0.29) is 33.8 Å². The molecule has 0 unspecified atom stereocenters. The normalized spacial score (nSPS) is 34.0. The van der Waals surface area contributed by atoms with E-state index in [4.69, 9.17) is 23.4 Å². The molecule has 14 nitrogen and oxygen atoms in total. The summed E-state index contributed by atoms with van der Waals surface area (Å²) < 4.78 is 28.1. The summed E-state index contributed by atoms with van der Waals surface area (Å²) in [6.45, 7) is 2.94. The van der Waals surface area contributed by atoms with Crippen LogP contribution in [0.3, 0.4) is 0 Å². The molecule has 0 radical (unpaired) electrons. The van der Waals surface area contributed by atoms with Gasteiger partial charge in [0.1, 0.15) is 64.8 Å². The molecule has 2 aromatic carbocycles. The lowest BCUT2D eigenvalue weighted by Crippen LogP contribution is -2.58. The zero-order valence-electron chi connectivity index (χ0n) is 21.8. The van der Waals surface area contributed by atoms with Gasteiger partial charge in [-0.15, -0.1) is 0 Å². The molecule has 3 aromatic rings. The summed E-state index contributed by atoms with van der Waals surface area (Å²) in [5, 5.41) is 80.7. The first-order chi connectivity index (χ1) is 19.4. The number of hydrogen-bond donors (Lipinski definition) is 8. The minimum atomic E-state index is -1.76. The third kappa shape index (κ3) is 5.31. The second-order valence-electron chi connectivity index (χ2n) is 10.1. The van der Waals surface area contributed by atoms with Gasteiger partial charge in [0, 0.05) is 17.7 Å². The summed E-state index contributed by atoms with van der Waals surface area (Å²) in [6.07, 6.45) is -13.9. The highest BCUT2D eigenvalue weighted by Gasteiger charge is 2.44. The molecule has 0 bridgehead atoms. The summed E-state index contributed by atoms with van der Waals surface area (Å²) in [6, 6.07) is 7.78. The van der Waals surface area contributed by atoms with Gasteiger partial charge in [-0.3, -0.25) is 4.79 Å². The SMILES string of the molecule is C[C@@H]1O[C@@H](Oc2ccc(-c3oc4cc(O)cc(O)c4c(=O)c3O[C@@H]3O[C@@H](C)[C@H](O)[C@@H](O)[C@H]3O)cc2)[C@H](O)[C@H](O)[C@H]1O. The average molecular weight is 579 g/mol. The van der Waals surface area contributed by atoms with Crippen LogP contribution in [0.2, 0.25) is 0 Å². The molecule has 2 aliphatic rings. The van der Waals surface area contributed by atoms with Crippen LogP contribution in [-0.4, -0.2) is 102 Å². The molecule has 1 aromatic heterocycles. The van der Waals surface area contributed by atoms with Crippen molar-refractivity contribution >= 4 is 11.0 Å². The number of benzene rings is 2. The zero-order valence-corrected chi connectivity index (χ0v) is 21.8. The number of aromatic hydroxyl groups is 2. The molecule has 41 heavy (non-hydrogen) atoms. The number of aliphatic hydroxyl groups excluding tert-OH is 6. The quantitative estimate of drug-likeness (QED) is 0.187. The maximum atomic E-state index is 13.5. The summed E-state index contributed by atoms with van der Waals surface area (Å²) in [5.74, 6) is -1.53. The van der Waals surface area contributed by atoms with Gasteiger partial charge in [-0.2, -0.15) is 0 Å². The maximum absolute atomic E-state index is 13.5. The molecule has 2 saturated heterocycles. The van der Waals surface area contributed by atoms with Gasteiger partial charge in [0.25, 0.3) is 0 Å². The average Bonchev–Trinajstić information content (AvgIpc) is 2.93. The van der Waals surface area contributed by atoms with Gasteiger partial charge in [0.05, 0.1) is 12.2 Å². The van der Waals surface area contributed by atoms with Crippen molar-refractivity contribution in [1.29, 1.82) is 0 Å². The van der Waals surface area contributed by atoms with Crippen LogP contribution in [0.5, 0.6) is 23.0 Å². The summed E-state index contributed by atoms with van der Waals surface area (Å²) >= 11 is 0. The van der Waals surface area contributed by atoms with Crippen LogP contribution in [0.4, 0.5) is 0 Å². The fourth-order valence-corrected chi connectivity index (χ4v) is 4.72. The molecule has 10 atom stereocenters. The van der Waals surface area contributed by atoms with E-state index in [1.54, 1.807) is 0 Å². The van der Waals surface area contributed by atoms with Gasteiger partial charge in [-0.05, 0) is 38.1 Å². The largest absolute Gasteiger partial charge is 0.508 e. The highest BCUT2D eigenvalue weighted by Crippen LogP contribution is 2.38. The van der Waals surface area contributed by atoms with Crippen LogP contribution in [-0.2, 0) is 9.47 Å². The highest BCUT2D eigenvalue weighted by atomic mass is 16.7. The van der Waals surface area contributed by atoms with Crippen LogP contribution in [0.1, 0.15) is 13.8 Å².